The second-order valence-corrected chi connectivity index (χ2v) is 5.07. The fraction of sp³-hybridized carbons (Fsp3) is 0. The van der Waals surface area contributed by atoms with Crippen molar-refractivity contribution >= 4 is 39.7 Å². The third kappa shape index (κ3) is 1.74. The lowest BCUT2D eigenvalue weighted by molar-refractivity contribution is 0.791. The van der Waals surface area contributed by atoms with Crippen LogP contribution < -0.4 is 5.56 Å². The predicted molar refractivity (Wildman–Crippen MR) is 78.5 cm³/mol. The molecular formula is C12H7ClIN3O. The van der Waals surface area contributed by atoms with Crippen LogP contribution >= 0.6 is 34.2 Å². The molecule has 0 radical (unpaired) electrons. The third-order valence-electron chi connectivity index (χ3n) is 2.61. The first-order chi connectivity index (χ1) is 8.68. The summed E-state index contributed by atoms with van der Waals surface area (Å²) in [6, 6.07) is 11.0. The van der Waals surface area contributed by atoms with Gasteiger partial charge < -0.3 is 0 Å². The molecule has 4 nitrogen and oxygen atoms in total. The Kier molecular flexibility index (Phi) is 2.87. The lowest BCUT2D eigenvalue weighted by Gasteiger charge is -2.08. The zero-order valence-electron chi connectivity index (χ0n) is 9.05. The quantitative estimate of drug-likeness (QED) is 0.617. The van der Waals surface area contributed by atoms with Gasteiger partial charge in [-0.15, -0.1) is 5.10 Å². The number of para-hydroxylation sites is 1. The summed E-state index contributed by atoms with van der Waals surface area (Å²) in [4.78, 5) is 12.4. The molecule has 0 unspecified atom stereocenters. The van der Waals surface area contributed by atoms with Crippen LogP contribution in [0.3, 0.4) is 0 Å². The average Bonchev–Trinajstić information content (AvgIpc) is 2.72. The summed E-state index contributed by atoms with van der Waals surface area (Å²) in [5.41, 5.74) is 0.996. The summed E-state index contributed by atoms with van der Waals surface area (Å²) in [5, 5.41) is 4.73. The van der Waals surface area contributed by atoms with Crippen LogP contribution in [0.1, 0.15) is 0 Å². The van der Waals surface area contributed by atoms with Crippen molar-refractivity contribution in [3.05, 3.63) is 61.8 Å². The van der Waals surface area contributed by atoms with E-state index in [1.807, 2.05) is 52.9 Å². The smallest absolute Gasteiger partial charge is 0.266 e. The number of nitrogens with zero attached hydrogens (tertiary/aromatic N) is 3. The number of benzene rings is 1. The zero-order valence-corrected chi connectivity index (χ0v) is 12.0. The Morgan fingerprint density at radius 2 is 1.89 bits per heavy atom. The highest BCUT2D eigenvalue weighted by atomic mass is 127. The first kappa shape index (κ1) is 11.7. The van der Waals surface area contributed by atoms with E-state index in [1.54, 1.807) is 16.8 Å². The normalized spacial score (nSPS) is 11.0. The van der Waals surface area contributed by atoms with Gasteiger partial charge in [0.1, 0.15) is 5.52 Å². The van der Waals surface area contributed by atoms with E-state index in [-0.39, 0.29) is 5.56 Å². The second-order valence-electron chi connectivity index (χ2n) is 3.70. The van der Waals surface area contributed by atoms with Crippen molar-refractivity contribution in [1.82, 2.24) is 14.2 Å². The summed E-state index contributed by atoms with van der Waals surface area (Å²) < 4.78 is 3.64. The highest BCUT2D eigenvalue weighted by molar-refractivity contribution is 14.1. The topological polar surface area (TPSA) is 39.3 Å². The van der Waals surface area contributed by atoms with Gasteiger partial charge in [-0.05, 0) is 18.2 Å². The van der Waals surface area contributed by atoms with Gasteiger partial charge in [-0.2, -0.15) is 0 Å². The lowest BCUT2D eigenvalue weighted by Crippen LogP contribution is -2.24. The zero-order chi connectivity index (χ0) is 12.7. The largest absolute Gasteiger partial charge is 0.284 e. The number of aromatic nitrogens is 3. The molecule has 0 saturated carbocycles. The van der Waals surface area contributed by atoms with Gasteiger partial charge in [-0.25, -0.2) is 4.52 Å². The molecule has 18 heavy (non-hydrogen) atoms. The fourth-order valence-electron chi connectivity index (χ4n) is 1.81. The van der Waals surface area contributed by atoms with Gasteiger partial charge in [-0.3, -0.25) is 9.36 Å². The Morgan fingerprint density at radius 1 is 1.17 bits per heavy atom. The minimum absolute atomic E-state index is 0.171. The molecule has 0 spiro atoms. The summed E-state index contributed by atoms with van der Waals surface area (Å²) >= 11 is 8.05. The standard InChI is InChI=1S/C12H7ClIN3O/c13-9-6-7-16-10(9)11(18)17(12(14)15-16)8-4-2-1-3-5-8/h1-7H. The van der Waals surface area contributed by atoms with E-state index in [0.29, 0.717) is 14.4 Å². The molecule has 0 N–H and O–H groups in total. The van der Waals surface area contributed by atoms with E-state index >= 15 is 0 Å². The lowest BCUT2D eigenvalue weighted by atomic mass is 10.3. The SMILES string of the molecule is O=c1c2c(Cl)ccn2nc(I)n1-c1ccccc1. The first-order valence-corrected chi connectivity index (χ1v) is 6.65. The van der Waals surface area contributed by atoms with Crippen molar-refractivity contribution in [1.29, 1.82) is 0 Å². The van der Waals surface area contributed by atoms with E-state index in [2.05, 4.69) is 5.10 Å². The van der Waals surface area contributed by atoms with Gasteiger partial charge in [-0.1, -0.05) is 29.8 Å². The maximum absolute atomic E-state index is 12.4. The second kappa shape index (κ2) is 4.40. The number of hydrogen-bond donors (Lipinski definition) is 0. The summed E-state index contributed by atoms with van der Waals surface area (Å²) in [5.74, 6) is 0. The molecule has 3 aromatic rings. The molecule has 0 aliphatic heterocycles. The summed E-state index contributed by atoms with van der Waals surface area (Å²) in [6.07, 6.45) is 1.68. The number of fused-ring (bicyclic) bond motifs is 1. The number of hydrogen-bond acceptors (Lipinski definition) is 2. The highest BCUT2D eigenvalue weighted by Gasteiger charge is 2.13. The van der Waals surface area contributed by atoms with Crippen LogP contribution in [0.5, 0.6) is 0 Å². The monoisotopic (exact) mass is 371 g/mol. The molecule has 2 aromatic heterocycles. The Hall–Kier alpha value is -1.34. The Bertz CT molecular complexity index is 779. The molecule has 0 bridgehead atoms. The Balaban J connectivity index is 2.43. The van der Waals surface area contributed by atoms with Gasteiger partial charge in [0.05, 0.1) is 10.7 Å². The molecule has 2 heterocycles. The molecule has 6 heteroatoms. The van der Waals surface area contributed by atoms with E-state index in [4.69, 9.17) is 11.6 Å². The molecule has 90 valence electrons. The van der Waals surface area contributed by atoms with Crippen LogP contribution in [-0.4, -0.2) is 14.2 Å². The minimum atomic E-state index is -0.171. The molecule has 0 amide bonds. The van der Waals surface area contributed by atoms with Gasteiger partial charge in [0.25, 0.3) is 5.56 Å². The molecule has 0 aliphatic rings. The van der Waals surface area contributed by atoms with Crippen LogP contribution in [0.4, 0.5) is 0 Å². The van der Waals surface area contributed by atoms with Gasteiger partial charge in [0, 0.05) is 28.8 Å². The van der Waals surface area contributed by atoms with Crippen LogP contribution in [0, 0.1) is 3.83 Å². The van der Waals surface area contributed by atoms with E-state index in [9.17, 15) is 4.79 Å². The van der Waals surface area contributed by atoms with Gasteiger partial charge in [0.2, 0.25) is 0 Å². The minimum Gasteiger partial charge on any atom is -0.266 e. The van der Waals surface area contributed by atoms with Crippen molar-refractivity contribution in [2.45, 2.75) is 0 Å². The van der Waals surface area contributed by atoms with Crippen molar-refractivity contribution < 1.29 is 0 Å². The van der Waals surface area contributed by atoms with E-state index in [1.165, 1.54) is 4.52 Å². The highest BCUT2D eigenvalue weighted by Crippen LogP contribution is 2.16. The molecule has 0 fully saturated rings. The third-order valence-corrected chi connectivity index (χ3v) is 3.62. The molecule has 1 aromatic carbocycles. The van der Waals surface area contributed by atoms with E-state index < -0.39 is 0 Å². The summed E-state index contributed by atoms with van der Waals surface area (Å²) in [6.45, 7) is 0. The van der Waals surface area contributed by atoms with Crippen molar-refractivity contribution in [3.63, 3.8) is 0 Å². The van der Waals surface area contributed by atoms with Crippen LogP contribution in [-0.2, 0) is 0 Å². The Labute approximate surface area is 121 Å². The molecule has 0 atom stereocenters. The first-order valence-electron chi connectivity index (χ1n) is 5.19. The van der Waals surface area contributed by atoms with Crippen molar-refractivity contribution in [3.8, 4) is 5.69 Å². The van der Waals surface area contributed by atoms with Crippen LogP contribution in [0.15, 0.2) is 47.4 Å². The molecule has 0 aliphatic carbocycles. The number of rotatable bonds is 1. The Morgan fingerprint density at radius 3 is 2.61 bits per heavy atom. The fourth-order valence-corrected chi connectivity index (χ4v) is 2.76. The average molecular weight is 372 g/mol. The van der Waals surface area contributed by atoms with Crippen molar-refractivity contribution in [2.75, 3.05) is 0 Å². The summed E-state index contributed by atoms with van der Waals surface area (Å²) in [7, 11) is 0. The van der Waals surface area contributed by atoms with E-state index in [0.717, 1.165) is 5.69 Å². The van der Waals surface area contributed by atoms with Crippen LogP contribution in [0.25, 0.3) is 11.2 Å². The van der Waals surface area contributed by atoms with Gasteiger partial charge >= 0.3 is 0 Å². The number of halogens is 2. The van der Waals surface area contributed by atoms with Crippen molar-refractivity contribution in [2.24, 2.45) is 0 Å². The van der Waals surface area contributed by atoms with Crippen LogP contribution in [0.2, 0.25) is 5.02 Å². The maximum Gasteiger partial charge on any atom is 0.284 e. The molecule has 3 rings (SSSR count). The molecule has 0 saturated heterocycles. The maximum atomic E-state index is 12.4. The predicted octanol–water partition coefficient (Wildman–Crippen LogP) is 2.74. The van der Waals surface area contributed by atoms with Gasteiger partial charge in [0.15, 0.2) is 3.83 Å². The molecular weight excluding hydrogens is 365 g/mol.